The van der Waals surface area contributed by atoms with E-state index in [1.807, 2.05) is 13.8 Å². The van der Waals surface area contributed by atoms with E-state index >= 15 is 0 Å². The molecule has 0 bridgehead atoms. The van der Waals surface area contributed by atoms with Gasteiger partial charge < -0.3 is 19.5 Å². The minimum Gasteiger partial charge on any atom is -0.498 e. The maximum Gasteiger partial charge on any atom is 0.305 e. The van der Waals surface area contributed by atoms with Crippen LogP contribution in [-0.2, 0) is 14.3 Å². The predicted octanol–water partition coefficient (Wildman–Crippen LogP) is 15.2. The third-order valence-corrected chi connectivity index (χ3v) is 11.1. The van der Waals surface area contributed by atoms with E-state index < -0.39 is 0 Å². The van der Waals surface area contributed by atoms with Gasteiger partial charge in [-0.05, 0) is 76.3 Å². The second-order valence-electron chi connectivity index (χ2n) is 16.3. The van der Waals surface area contributed by atoms with Crippen LogP contribution in [0.15, 0.2) is 12.3 Å². The van der Waals surface area contributed by atoms with E-state index in [1.54, 1.807) is 0 Å². The molecular formula is C49H99NO4. The number of allylic oxidation sites excluding steroid dienone is 1. The molecule has 0 aromatic heterocycles. The summed E-state index contributed by atoms with van der Waals surface area (Å²) in [5.74, 6) is 2.16. The molecule has 0 rings (SSSR count). The Morgan fingerprint density at radius 1 is 0.481 bits per heavy atom. The molecular weight excluding hydrogens is 667 g/mol. The van der Waals surface area contributed by atoms with Crippen LogP contribution >= 0.6 is 0 Å². The summed E-state index contributed by atoms with van der Waals surface area (Å²) in [6, 6.07) is 0. The number of ether oxygens (including phenoxy) is 2. The summed E-state index contributed by atoms with van der Waals surface area (Å²) in [5.41, 5.74) is 0. The van der Waals surface area contributed by atoms with Crippen molar-refractivity contribution in [1.82, 2.24) is 4.90 Å². The molecule has 5 heteroatoms. The zero-order valence-corrected chi connectivity index (χ0v) is 37.9. The summed E-state index contributed by atoms with van der Waals surface area (Å²) in [5, 5.41) is 9.63. The summed E-state index contributed by atoms with van der Waals surface area (Å²) in [4.78, 5) is 15.0. The lowest BCUT2D eigenvalue weighted by molar-refractivity contribution is -0.145. The van der Waals surface area contributed by atoms with Crippen LogP contribution in [-0.4, -0.2) is 55.4 Å². The maximum atomic E-state index is 12.6. The summed E-state index contributed by atoms with van der Waals surface area (Å²) >= 11 is 0. The van der Waals surface area contributed by atoms with Gasteiger partial charge in [0.15, 0.2) is 0 Å². The van der Waals surface area contributed by atoms with Gasteiger partial charge in [0, 0.05) is 19.4 Å². The van der Waals surface area contributed by atoms with Gasteiger partial charge in [-0.25, -0.2) is 0 Å². The molecule has 0 spiro atoms. The smallest absolute Gasteiger partial charge is 0.305 e. The molecule has 2 unspecified atom stereocenters. The molecule has 324 valence electrons. The molecule has 0 heterocycles. The van der Waals surface area contributed by atoms with Crippen LogP contribution < -0.4 is 0 Å². The van der Waals surface area contributed by atoms with E-state index in [2.05, 4.69) is 39.2 Å². The first-order chi connectivity index (χ1) is 26.5. The SMILES string of the molecule is C=C(CCCCCN(CCO)CCCCCC(=O)OCC(CCCCCC)CCCCCCCC)OCC(CCCCCC)CCCCCCCC.CC. The first-order valence-corrected chi connectivity index (χ1v) is 24.3. The van der Waals surface area contributed by atoms with Crippen LogP contribution in [0.3, 0.4) is 0 Å². The van der Waals surface area contributed by atoms with Crippen molar-refractivity contribution in [1.29, 1.82) is 0 Å². The second-order valence-corrected chi connectivity index (χ2v) is 16.3. The van der Waals surface area contributed by atoms with Gasteiger partial charge in [-0.3, -0.25) is 4.79 Å². The van der Waals surface area contributed by atoms with E-state index in [0.29, 0.717) is 24.9 Å². The third-order valence-electron chi connectivity index (χ3n) is 11.1. The van der Waals surface area contributed by atoms with Gasteiger partial charge in [0.2, 0.25) is 0 Å². The van der Waals surface area contributed by atoms with Gasteiger partial charge in [0.05, 0.1) is 25.6 Å². The Hall–Kier alpha value is -1.07. The number of unbranched alkanes of at least 4 members (excludes halogenated alkanes) is 20. The number of aliphatic hydroxyl groups excluding tert-OH is 1. The van der Waals surface area contributed by atoms with Crippen LogP contribution in [0.2, 0.25) is 0 Å². The van der Waals surface area contributed by atoms with E-state index in [0.717, 1.165) is 76.9 Å². The molecule has 0 saturated carbocycles. The van der Waals surface area contributed by atoms with Gasteiger partial charge >= 0.3 is 5.97 Å². The Labute approximate surface area is 340 Å². The molecule has 1 N–H and O–H groups in total. The number of carbonyl (C=O) groups is 1. The zero-order valence-electron chi connectivity index (χ0n) is 37.9. The second kappa shape index (κ2) is 46.3. The lowest BCUT2D eigenvalue weighted by Gasteiger charge is -2.21. The normalized spacial score (nSPS) is 12.4. The number of esters is 1. The summed E-state index contributed by atoms with van der Waals surface area (Å²) in [6.07, 6.45) is 39.5. The van der Waals surface area contributed by atoms with Gasteiger partial charge in [-0.15, -0.1) is 0 Å². The molecule has 0 aliphatic rings. The average molecular weight is 766 g/mol. The zero-order chi connectivity index (χ0) is 40.2. The van der Waals surface area contributed by atoms with Crippen molar-refractivity contribution in [2.75, 3.05) is 39.5 Å². The highest BCUT2D eigenvalue weighted by Gasteiger charge is 2.13. The molecule has 5 nitrogen and oxygen atoms in total. The van der Waals surface area contributed by atoms with E-state index in [9.17, 15) is 9.90 Å². The van der Waals surface area contributed by atoms with Crippen molar-refractivity contribution in [3.8, 4) is 0 Å². The van der Waals surface area contributed by atoms with E-state index in [-0.39, 0.29) is 12.6 Å². The fourth-order valence-corrected chi connectivity index (χ4v) is 7.45. The van der Waals surface area contributed by atoms with Crippen molar-refractivity contribution in [3.63, 3.8) is 0 Å². The Morgan fingerprint density at radius 2 is 0.833 bits per heavy atom. The first-order valence-electron chi connectivity index (χ1n) is 24.3. The molecule has 0 aromatic carbocycles. The van der Waals surface area contributed by atoms with E-state index in [1.165, 1.54) is 154 Å². The monoisotopic (exact) mass is 766 g/mol. The fourth-order valence-electron chi connectivity index (χ4n) is 7.45. The van der Waals surface area contributed by atoms with Gasteiger partial charge in [0.1, 0.15) is 0 Å². The highest BCUT2D eigenvalue weighted by Crippen LogP contribution is 2.22. The number of hydrogen-bond acceptors (Lipinski definition) is 5. The van der Waals surface area contributed by atoms with Crippen molar-refractivity contribution in [3.05, 3.63) is 12.3 Å². The van der Waals surface area contributed by atoms with Crippen LogP contribution in [0.4, 0.5) is 0 Å². The molecule has 0 aromatic rings. The Bertz CT molecular complexity index is 685. The highest BCUT2D eigenvalue weighted by atomic mass is 16.5. The lowest BCUT2D eigenvalue weighted by Crippen LogP contribution is -2.29. The number of carbonyl (C=O) groups excluding carboxylic acids is 1. The minimum atomic E-state index is -0.0143. The van der Waals surface area contributed by atoms with Gasteiger partial charge in [-0.2, -0.15) is 0 Å². The summed E-state index contributed by atoms with van der Waals surface area (Å²) in [6.45, 7) is 21.8. The van der Waals surface area contributed by atoms with E-state index in [4.69, 9.17) is 9.47 Å². The van der Waals surface area contributed by atoms with Crippen LogP contribution in [0.5, 0.6) is 0 Å². The van der Waals surface area contributed by atoms with Crippen LogP contribution in [0, 0.1) is 11.8 Å². The Kier molecular flexibility index (Phi) is 47.2. The van der Waals surface area contributed by atoms with Crippen LogP contribution in [0.1, 0.15) is 247 Å². The quantitative estimate of drug-likeness (QED) is 0.0380. The first kappa shape index (κ1) is 55.0. The van der Waals surface area contributed by atoms with Crippen LogP contribution in [0.25, 0.3) is 0 Å². The molecule has 0 radical (unpaired) electrons. The Balaban J connectivity index is 0. The molecule has 0 amide bonds. The molecule has 0 fully saturated rings. The minimum absolute atomic E-state index is 0.0143. The molecule has 54 heavy (non-hydrogen) atoms. The molecule has 0 aliphatic carbocycles. The van der Waals surface area contributed by atoms with Crippen molar-refractivity contribution >= 4 is 5.97 Å². The lowest BCUT2D eigenvalue weighted by atomic mass is 9.95. The summed E-state index contributed by atoms with van der Waals surface area (Å²) in [7, 11) is 0. The maximum absolute atomic E-state index is 12.6. The topological polar surface area (TPSA) is 59.0 Å². The van der Waals surface area contributed by atoms with Crippen molar-refractivity contribution < 1.29 is 19.4 Å². The van der Waals surface area contributed by atoms with Crippen molar-refractivity contribution in [2.24, 2.45) is 11.8 Å². The molecule has 0 aliphatic heterocycles. The number of nitrogens with zero attached hydrogens (tertiary/aromatic N) is 1. The number of rotatable bonds is 43. The predicted molar refractivity (Wildman–Crippen MR) is 238 cm³/mol. The fraction of sp³-hybridized carbons (Fsp3) is 0.939. The third kappa shape index (κ3) is 40.6. The van der Waals surface area contributed by atoms with Crippen molar-refractivity contribution in [2.45, 2.75) is 247 Å². The average Bonchev–Trinajstić information content (AvgIpc) is 3.18. The standard InChI is InChI=1S/C47H93NO4.C2H6/c1-6-10-14-18-20-27-35-45(33-25-16-12-8-3)42-51-44(5)32-24-22-30-38-48(40-41-49)39-31-23-29-37-47(50)52-43-46(34-26-17-13-9-4)36-28-21-19-15-11-7-2;1-2/h45-46,49H,5-43H2,1-4H3;1-2H3. The molecule has 2 atom stereocenters. The number of aliphatic hydroxyl groups is 1. The molecule has 0 saturated heterocycles. The highest BCUT2D eigenvalue weighted by molar-refractivity contribution is 5.69. The van der Waals surface area contributed by atoms with Gasteiger partial charge in [0.25, 0.3) is 0 Å². The largest absolute Gasteiger partial charge is 0.498 e. The summed E-state index contributed by atoms with van der Waals surface area (Å²) < 4.78 is 12.0. The Morgan fingerprint density at radius 3 is 1.26 bits per heavy atom. The number of hydrogen-bond donors (Lipinski definition) is 1. The van der Waals surface area contributed by atoms with Gasteiger partial charge in [-0.1, -0.05) is 189 Å².